The molecule has 2 aromatic carbocycles. The maximum Gasteiger partial charge on any atom is 0.161 e. The zero-order valence-electron chi connectivity index (χ0n) is 13.6. The standard InChI is InChI=1S/C21H16N2O2/c1-2-10-22-21(6-1)23-11-9-17-16(4-3-5-18(17)23)15-7-8-19-20(14-15)25-13-12-24-19/h1-11,14H,12-13H2. The fraction of sp³-hybridized carbons (Fsp3) is 0.0952. The van der Waals surface area contributed by atoms with Gasteiger partial charge in [-0.3, -0.25) is 0 Å². The summed E-state index contributed by atoms with van der Waals surface area (Å²) in [5.74, 6) is 2.54. The van der Waals surface area contributed by atoms with Crippen LogP contribution < -0.4 is 9.47 Å². The number of nitrogens with zero attached hydrogens (tertiary/aromatic N) is 2. The minimum atomic E-state index is 0.594. The van der Waals surface area contributed by atoms with Crippen LogP contribution in [0.4, 0.5) is 0 Å². The van der Waals surface area contributed by atoms with E-state index in [1.807, 2.05) is 30.5 Å². The number of benzene rings is 2. The van der Waals surface area contributed by atoms with Crippen LogP contribution in [0, 0.1) is 0 Å². The predicted octanol–water partition coefficient (Wildman–Crippen LogP) is 4.46. The van der Waals surface area contributed by atoms with E-state index >= 15 is 0 Å². The van der Waals surface area contributed by atoms with E-state index in [9.17, 15) is 0 Å². The highest BCUT2D eigenvalue weighted by atomic mass is 16.6. The first kappa shape index (κ1) is 14.1. The first-order valence-corrected chi connectivity index (χ1v) is 8.32. The van der Waals surface area contributed by atoms with Crippen molar-refractivity contribution < 1.29 is 9.47 Å². The summed E-state index contributed by atoms with van der Waals surface area (Å²) in [5, 5.41) is 1.19. The fourth-order valence-electron chi connectivity index (χ4n) is 3.33. The number of hydrogen-bond donors (Lipinski definition) is 0. The largest absolute Gasteiger partial charge is 0.486 e. The molecule has 0 radical (unpaired) electrons. The zero-order valence-corrected chi connectivity index (χ0v) is 13.6. The Bertz CT molecular complexity index is 1050. The Hall–Kier alpha value is -3.27. The van der Waals surface area contributed by atoms with Gasteiger partial charge in [-0.05, 0) is 47.5 Å². The van der Waals surface area contributed by atoms with Gasteiger partial charge in [-0.15, -0.1) is 0 Å². The fourth-order valence-corrected chi connectivity index (χ4v) is 3.33. The minimum absolute atomic E-state index is 0.594. The molecule has 2 aromatic heterocycles. The molecule has 0 atom stereocenters. The van der Waals surface area contributed by atoms with E-state index in [4.69, 9.17) is 9.47 Å². The minimum Gasteiger partial charge on any atom is -0.486 e. The van der Waals surface area contributed by atoms with Crippen LogP contribution in [0.2, 0.25) is 0 Å². The normalized spacial score (nSPS) is 13.1. The molecule has 0 saturated heterocycles. The lowest BCUT2D eigenvalue weighted by atomic mass is 10.0. The molecule has 0 unspecified atom stereocenters. The second-order valence-electron chi connectivity index (χ2n) is 5.97. The number of rotatable bonds is 2. The second kappa shape index (κ2) is 5.67. The van der Waals surface area contributed by atoms with Gasteiger partial charge in [0, 0.05) is 17.8 Å². The van der Waals surface area contributed by atoms with Crippen LogP contribution >= 0.6 is 0 Å². The molecule has 0 bridgehead atoms. The maximum absolute atomic E-state index is 5.73. The average Bonchev–Trinajstić information content (AvgIpc) is 3.12. The lowest BCUT2D eigenvalue weighted by Gasteiger charge is -2.19. The number of ether oxygens (including phenoxy) is 2. The van der Waals surface area contributed by atoms with Crippen molar-refractivity contribution >= 4 is 10.9 Å². The number of aromatic nitrogens is 2. The summed E-state index contributed by atoms with van der Waals surface area (Å²) in [6.45, 7) is 1.20. The molecule has 4 heteroatoms. The monoisotopic (exact) mass is 328 g/mol. The van der Waals surface area contributed by atoms with Gasteiger partial charge in [0.1, 0.15) is 19.0 Å². The third-order valence-electron chi connectivity index (χ3n) is 4.48. The highest BCUT2D eigenvalue weighted by Crippen LogP contribution is 2.37. The van der Waals surface area contributed by atoms with E-state index in [1.54, 1.807) is 0 Å². The van der Waals surface area contributed by atoms with Gasteiger partial charge in [-0.2, -0.15) is 0 Å². The smallest absolute Gasteiger partial charge is 0.161 e. The van der Waals surface area contributed by atoms with Gasteiger partial charge in [0.05, 0.1) is 5.52 Å². The van der Waals surface area contributed by atoms with Crippen molar-refractivity contribution in [2.75, 3.05) is 13.2 Å². The van der Waals surface area contributed by atoms with Gasteiger partial charge >= 0.3 is 0 Å². The van der Waals surface area contributed by atoms with Crippen molar-refractivity contribution in [2.24, 2.45) is 0 Å². The van der Waals surface area contributed by atoms with Crippen LogP contribution in [-0.2, 0) is 0 Å². The van der Waals surface area contributed by atoms with E-state index in [2.05, 4.69) is 52.1 Å². The molecule has 0 fully saturated rings. The molecule has 0 aliphatic carbocycles. The van der Waals surface area contributed by atoms with Crippen LogP contribution in [-0.4, -0.2) is 22.8 Å². The Morgan fingerprint density at radius 1 is 0.840 bits per heavy atom. The maximum atomic E-state index is 5.73. The predicted molar refractivity (Wildman–Crippen MR) is 97.5 cm³/mol. The molecule has 4 nitrogen and oxygen atoms in total. The molecule has 0 spiro atoms. The van der Waals surface area contributed by atoms with Crippen molar-refractivity contribution in [2.45, 2.75) is 0 Å². The molecule has 4 aromatic rings. The Kier molecular flexibility index (Phi) is 3.20. The van der Waals surface area contributed by atoms with E-state index in [-0.39, 0.29) is 0 Å². The summed E-state index contributed by atoms with van der Waals surface area (Å²) in [7, 11) is 0. The molecular formula is C21H16N2O2. The summed E-state index contributed by atoms with van der Waals surface area (Å²) in [4.78, 5) is 4.46. The zero-order chi connectivity index (χ0) is 16.6. The molecule has 122 valence electrons. The summed E-state index contributed by atoms with van der Waals surface area (Å²) in [5.41, 5.74) is 3.42. The highest BCUT2D eigenvalue weighted by Gasteiger charge is 2.14. The molecule has 25 heavy (non-hydrogen) atoms. The third kappa shape index (κ3) is 2.34. The van der Waals surface area contributed by atoms with Crippen LogP contribution in [0.25, 0.3) is 27.8 Å². The average molecular weight is 328 g/mol. The lowest BCUT2D eigenvalue weighted by Crippen LogP contribution is -2.15. The molecule has 1 aliphatic heterocycles. The first-order valence-electron chi connectivity index (χ1n) is 8.32. The van der Waals surface area contributed by atoms with Crippen molar-refractivity contribution in [1.29, 1.82) is 0 Å². The van der Waals surface area contributed by atoms with Crippen LogP contribution in [0.5, 0.6) is 11.5 Å². The SMILES string of the molecule is c1ccc(-n2ccc3c(-c4ccc5c(c4)OCCO5)cccc32)nc1. The summed E-state index contributed by atoms with van der Waals surface area (Å²) < 4.78 is 13.5. The molecule has 0 amide bonds. The van der Waals surface area contributed by atoms with E-state index in [0.29, 0.717) is 13.2 Å². The van der Waals surface area contributed by atoms with Gasteiger partial charge in [-0.1, -0.05) is 24.3 Å². The summed E-state index contributed by atoms with van der Waals surface area (Å²) in [6, 6.07) is 20.5. The van der Waals surface area contributed by atoms with Crippen LogP contribution in [0.1, 0.15) is 0 Å². The van der Waals surface area contributed by atoms with Gasteiger partial charge < -0.3 is 14.0 Å². The lowest BCUT2D eigenvalue weighted by molar-refractivity contribution is 0.171. The highest BCUT2D eigenvalue weighted by molar-refractivity contribution is 5.96. The van der Waals surface area contributed by atoms with Crippen molar-refractivity contribution in [3.05, 3.63) is 73.1 Å². The van der Waals surface area contributed by atoms with E-state index in [0.717, 1.165) is 28.4 Å². The van der Waals surface area contributed by atoms with E-state index in [1.165, 1.54) is 10.9 Å². The van der Waals surface area contributed by atoms with Gasteiger partial charge in [-0.25, -0.2) is 4.98 Å². The topological polar surface area (TPSA) is 36.3 Å². The summed E-state index contributed by atoms with van der Waals surface area (Å²) in [6.07, 6.45) is 3.88. The van der Waals surface area contributed by atoms with Crippen LogP contribution in [0.3, 0.4) is 0 Å². The van der Waals surface area contributed by atoms with Crippen molar-refractivity contribution in [3.8, 4) is 28.4 Å². The molecule has 3 heterocycles. The molecule has 5 rings (SSSR count). The van der Waals surface area contributed by atoms with Gasteiger partial charge in [0.15, 0.2) is 11.5 Å². The number of fused-ring (bicyclic) bond motifs is 2. The van der Waals surface area contributed by atoms with E-state index < -0.39 is 0 Å². The third-order valence-corrected chi connectivity index (χ3v) is 4.48. The van der Waals surface area contributed by atoms with Crippen molar-refractivity contribution in [1.82, 2.24) is 9.55 Å². The summed E-state index contributed by atoms with van der Waals surface area (Å²) >= 11 is 0. The number of pyridine rings is 1. The quantitative estimate of drug-likeness (QED) is 0.545. The molecule has 1 aliphatic rings. The number of hydrogen-bond acceptors (Lipinski definition) is 3. The van der Waals surface area contributed by atoms with Gasteiger partial charge in [0.2, 0.25) is 0 Å². The second-order valence-corrected chi connectivity index (χ2v) is 5.97. The Labute approximate surface area is 145 Å². The van der Waals surface area contributed by atoms with Crippen LogP contribution in [0.15, 0.2) is 73.1 Å². The molecule has 0 saturated carbocycles. The Balaban J connectivity index is 1.67. The molecule has 0 N–H and O–H groups in total. The first-order chi connectivity index (χ1) is 12.4. The Morgan fingerprint density at radius 2 is 1.76 bits per heavy atom. The Morgan fingerprint density at radius 3 is 2.64 bits per heavy atom. The van der Waals surface area contributed by atoms with Crippen molar-refractivity contribution in [3.63, 3.8) is 0 Å². The molecular weight excluding hydrogens is 312 g/mol. The van der Waals surface area contributed by atoms with Gasteiger partial charge in [0.25, 0.3) is 0 Å².